The summed E-state index contributed by atoms with van der Waals surface area (Å²) in [5, 5.41) is 0. The van der Waals surface area contributed by atoms with Crippen molar-refractivity contribution in [2.75, 3.05) is 13.2 Å². The zero-order chi connectivity index (χ0) is 55.7. The van der Waals surface area contributed by atoms with E-state index in [1.165, 1.54) is 154 Å². The number of esters is 3. The Balaban J connectivity index is 4.05. The fourth-order valence-corrected chi connectivity index (χ4v) is 9.18. The number of ether oxygens (including phenoxy) is 3. The summed E-state index contributed by atoms with van der Waals surface area (Å²) in [6, 6.07) is 0. The molecule has 0 aliphatic rings. The number of carbonyl (C=O) groups excluding carboxylic acids is 3. The van der Waals surface area contributed by atoms with Gasteiger partial charge >= 0.3 is 17.9 Å². The minimum Gasteiger partial charge on any atom is -0.462 e. The topological polar surface area (TPSA) is 78.9 Å². The third kappa shape index (κ3) is 63.0. The molecule has 1 unspecified atom stereocenters. The molecule has 1 atom stereocenters. The van der Waals surface area contributed by atoms with Crippen LogP contribution >= 0.6 is 0 Å². The van der Waals surface area contributed by atoms with Crippen LogP contribution in [0.25, 0.3) is 0 Å². The van der Waals surface area contributed by atoms with Crippen molar-refractivity contribution in [3.8, 4) is 0 Å². The molecule has 0 radical (unpaired) electrons. The van der Waals surface area contributed by atoms with E-state index in [4.69, 9.17) is 14.2 Å². The molecule has 0 rings (SSSR count). The fraction of sp³-hybridized carbons (Fsp3) is 0.732. The first-order valence-corrected chi connectivity index (χ1v) is 32.7. The summed E-state index contributed by atoms with van der Waals surface area (Å²) < 4.78 is 16.8. The smallest absolute Gasteiger partial charge is 0.306 e. The van der Waals surface area contributed by atoms with Gasteiger partial charge in [-0.15, -0.1) is 0 Å². The number of hydrogen-bond acceptors (Lipinski definition) is 6. The predicted octanol–water partition coefficient (Wildman–Crippen LogP) is 22.4. The maximum atomic E-state index is 12.8. The van der Waals surface area contributed by atoms with E-state index in [1.807, 2.05) is 0 Å². The lowest BCUT2D eigenvalue weighted by Crippen LogP contribution is -2.30. The van der Waals surface area contributed by atoms with Crippen LogP contribution in [0, 0.1) is 0 Å². The molecular weight excluding hydrogens is 949 g/mol. The van der Waals surface area contributed by atoms with Crippen molar-refractivity contribution >= 4 is 17.9 Å². The number of rotatable bonds is 59. The third-order valence-electron chi connectivity index (χ3n) is 14.1. The second-order valence-electron chi connectivity index (χ2n) is 21.6. The first kappa shape index (κ1) is 73.3. The molecule has 0 aromatic carbocycles. The molecule has 0 spiro atoms. The summed E-state index contributed by atoms with van der Waals surface area (Å²) in [6.45, 7) is 6.49. The van der Waals surface area contributed by atoms with Crippen LogP contribution in [-0.2, 0) is 28.6 Å². The van der Waals surface area contributed by atoms with Gasteiger partial charge in [0, 0.05) is 19.3 Å². The van der Waals surface area contributed by atoms with E-state index in [0.717, 1.165) is 122 Å². The minimum atomic E-state index is -0.780. The van der Waals surface area contributed by atoms with Crippen LogP contribution in [0.2, 0.25) is 0 Å². The van der Waals surface area contributed by atoms with Gasteiger partial charge in [-0.25, -0.2) is 0 Å². The highest BCUT2D eigenvalue weighted by Gasteiger charge is 2.19. The Morgan fingerprint density at radius 1 is 0.273 bits per heavy atom. The van der Waals surface area contributed by atoms with Crippen molar-refractivity contribution in [1.29, 1.82) is 0 Å². The highest BCUT2D eigenvalue weighted by molar-refractivity contribution is 5.71. The summed E-state index contributed by atoms with van der Waals surface area (Å²) in [5.41, 5.74) is 0. The van der Waals surface area contributed by atoms with Gasteiger partial charge in [-0.2, -0.15) is 0 Å². The van der Waals surface area contributed by atoms with Gasteiger partial charge in [-0.3, -0.25) is 14.4 Å². The van der Waals surface area contributed by atoms with Gasteiger partial charge < -0.3 is 14.2 Å². The van der Waals surface area contributed by atoms with Gasteiger partial charge in [0.15, 0.2) is 6.10 Å². The lowest BCUT2D eigenvalue weighted by molar-refractivity contribution is -0.167. The Morgan fingerprint density at radius 2 is 0.506 bits per heavy atom. The van der Waals surface area contributed by atoms with Gasteiger partial charge in [-0.05, 0) is 103 Å². The molecule has 0 amide bonds. The van der Waals surface area contributed by atoms with Gasteiger partial charge in [0.1, 0.15) is 13.2 Å². The summed E-state index contributed by atoms with van der Waals surface area (Å²) >= 11 is 0. The van der Waals surface area contributed by atoms with E-state index in [1.54, 1.807) is 0 Å². The number of allylic oxidation sites excluding steroid dienone is 16. The highest BCUT2D eigenvalue weighted by atomic mass is 16.6. The molecular formula is C71H122O6. The first-order valence-electron chi connectivity index (χ1n) is 32.7. The molecule has 442 valence electrons. The molecule has 0 fully saturated rings. The maximum Gasteiger partial charge on any atom is 0.306 e. The predicted molar refractivity (Wildman–Crippen MR) is 334 cm³/mol. The molecule has 6 nitrogen and oxygen atoms in total. The molecule has 0 N–H and O–H groups in total. The Labute approximate surface area is 477 Å². The summed E-state index contributed by atoms with van der Waals surface area (Å²) in [5.74, 6) is -0.887. The monoisotopic (exact) mass is 1070 g/mol. The molecule has 0 aromatic heterocycles. The maximum absolute atomic E-state index is 12.8. The fourth-order valence-electron chi connectivity index (χ4n) is 9.18. The van der Waals surface area contributed by atoms with Crippen molar-refractivity contribution in [3.05, 3.63) is 97.2 Å². The van der Waals surface area contributed by atoms with Crippen molar-refractivity contribution < 1.29 is 28.6 Å². The van der Waals surface area contributed by atoms with Gasteiger partial charge in [0.05, 0.1) is 0 Å². The second-order valence-corrected chi connectivity index (χ2v) is 21.6. The summed E-state index contributed by atoms with van der Waals surface area (Å²) in [6.07, 6.45) is 87.3. The van der Waals surface area contributed by atoms with Crippen molar-refractivity contribution in [2.45, 2.75) is 322 Å². The van der Waals surface area contributed by atoms with Gasteiger partial charge in [0.25, 0.3) is 0 Å². The average Bonchev–Trinajstić information content (AvgIpc) is 3.43. The SMILES string of the molecule is CC/C=C\C/C=C\C/C=C\C/C=C\C/C=C\C/C=C\CCCCCCCCCCCCCCCCCCC(=O)OCC(COC(=O)CCCCCCCCCC)OC(=O)CCCCCCC/C=C\C/C=C\CCCCCC. The number of unbranched alkanes of at least 4 members (excludes halogenated alkanes) is 32. The average molecular weight is 1070 g/mol. The molecule has 6 heteroatoms. The van der Waals surface area contributed by atoms with Crippen LogP contribution in [0.5, 0.6) is 0 Å². The molecule has 0 aliphatic heterocycles. The van der Waals surface area contributed by atoms with Crippen LogP contribution in [0.4, 0.5) is 0 Å². The Bertz CT molecular complexity index is 1510. The zero-order valence-corrected chi connectivity index (χ0v) is 50.7. The van der Waals surface area contributed by atoms with Crippen molar-refractivity contribution in [2.24, 2.45) is 0 Å². The third-order valence-corrected chi connectivity index (χ3v) is 14.1. The largest absolute Gasteiger partial charge is 0.462 e. The molecule has 0 bridgehead atoms. The lowest BCUT2D eigenvalue weighted by atomic mass is 10.0. The Morgan fingerprint density at radius 3 is 0.805 bits per heavy atom. The standard InChI is InChI=1S/C71H122O6/c1-4-7-10-13-16-19-21-23-25-27-28-29-30-31-32-33-34-35-36-37-38-39-40-41-42-43-44-45-47-48-50-52-55-58-61-64-70(73)76-67-68(66-75-69(72)63-60-57-54-18-15-12-9-6-3)77-71(74)65-62-59-56-53-51-49-46-26-24-22-20-17-14-11-8-5-2/h7,10,16,19-20,22-23,25-26,28-29,31-32,34-35,46,68H,4-6,8-9,11-15,17-18,21,24,27,30,33,36-45,47-67H2,1-3H3/b10-7-,19-16-,22-20-,25-23-,29-28-,32-31-,35-34-,46-26-. The van der Waals surface area contributed by atoms with Crippen LogP contribution in [0.1, 0.15) is 316 Å². The molecule has 0 aromatic rings. The molecule has 0 aliphatic carbocycles. The molecule has 0 saturated carbocycles. The quantitative estimate of drug-likeness (QED) is 0.0261. The van der Waals surface area contributed by atoms with Crippen molar-refractivity contribution in [1.82, 2.24) is 0 Å². The first-order chi connectivity index (χ1) is 38.0. The molecule has 0 saturated heterocycles. The van der Waals surface area contributed by atoms with E-state index in [0.29, 0.717) is 19.3 Å². The van der Waals surface area contributed by atoms with E-state index >= 15 is 0 Å². The second kappa shape index (κ2) is 64.9. The normalized spacial score (nSPS) is 12.7. The Kier molecular flexibility index (Phi) is 61.8. The summed E-state index contributed by atoms with van der Waals surface area (Å²) in [4.78, 5) is 38.1. The van der Waals surface area contributed by atoms with Crippen LogP contribution in [0.3, 0.4) is 0 Å². The van der Waals surface area contributed by atoms with Crippen LogP contribution < -0.4 is 0 Å². The van der Waals surface area contributed by atoms with Gasteiger partial charge in [0.2, 0.25) is 0 Å². The number of hydrogen-bond donors (Lipinski definition) is 0. The lowest BCUT2D eigenvalue weighted by Gasteiger charge is -2.18. The highest BCUT2D eigenvalue weighted by Crippen LogP contribution is 2.16. The minimum absolute atomic E-state index is 0.0789. The van der Waals surface area contributed by atoms with Gasteiger partial charge in [-0.1, -0.05) is 291 Å². The van der Waals surface area contributed by atoms with E-state index in [2.05, 4.69) is 118 Å². The number of carbonyl (C=O) groups is 3. The van der Waals surface area contributed by atoms with E-state index < -0.39 is 6.10 Å². The zero-order valence-electron chi connectivity index (χ0n) is 50.7. The summed E-state index contributed by atoms with van der Waals surface area (Å²) in [7, 11) is 0. The molecule has 0 heterocycles. The Hall–Kier alpha value is -3.67. The van der Waals surface area contributed by atoms with Crippen LogP contribution in [-0.4, -0.2) is 37.2 Å². The van der Waals surface area contributed by atoms with E-state index in [-0.39, 0.29) is 31.1 Å². The molecule has 77 heavy (non-hydrogen) atoms. The van der Waals surface area contributed by atoms with Crippen LogP contribution in [0.15, 0.2) is 97.2 Å². The van der Waals surface area contributed by atoms with Crippen molar-refractivity contribution in [3.63, 3.8) is 0 Å². The van der Waals surface area contributed by atoms with E-state index in [9.17, 15) is 14.4 Å².